The van der Waals surface area contributed by atoms with Crippen LogP contribution in [0.1, 0.15) is 18.2 Å². The molecular weight excluding hydrogens is 462 g/mol. The normalized spacial score (nSPS) is 11.1. The van der Waals surface area contributed by atoms with Gasteiger partial charge in [-0.2, -0.15) is 0 Å². The second-order valence-electron chi connectivity index (χ2n) is 5.50. The van der Waals surface area contributed by atoms with E-state index in [-0.39, 0.29) is 5.97 Å². The largest absolute Gasteiger partial charge is 0.494 e. The average molecular weight is 477 g/mol. The molecule has 26 heavy (non-hydrogen) atoms. The van der Waals surface area contributed by atoms with E-state index < -0.39 is 0 Å². The molecule has 6 heteroatoms. The highest BCUT2D eigenvalue weighted by atomic mass is 79.9. The first kappa shape index (κ1) is 18.6. The van der Waals surface area contributed by atoms with Crippen molar-refractivity contribution in [2.45, 2.75) is 6.92 Å². The van der Waals surface area contributed by atoms with Crippen LogP contribution in [0.25, 0.3) is 23.1 Å². The van der Waals surface area contributed by atoms with Crippen LogP contribution in [0.15, 0.2) is 51.4 Å². The number of ether oxygens (including phenoxy) is 2. The Bertz CT molecular complexity index is 1020. The molecule has 0 amide bonds. The number of rotatable bonds is 4. The van der Waals surface area contributed by atoms with Gasteiger partial charge in [0.1, 0.15) is 11.3 Å². The number of hydrogen-bond acceptors (Lipinski definition) is 4. The van der Waals surface area contributed by atoms with Gasteiger partial charge in [-0.05, 0) is 52.3 Å². The van der Waals surface area contributed by atoms with E-state index in [0.29, 0.717) is 10.2 Å². The molecule has 0 atom stereocenters. The molecular formula is C20H15Br2NO3. The molecule has 1 aromatic heterocycles. The first-order chi connectivity index (χ1) is 12.5. The molecule has 4 nitrogen and oxygen atoms in total. The monoisotopic (exact) mass is 475 g/mol. The van der Waals surface area contributed by atoms with Gasteiger partial charge in [0.05, 0.1) is 17.3 Å². The van der Waals surface area contributed by atoms with Gasteiger partial charge in [-0.15, -0.1) is 0 Å². The zero-order valence-electron chi connectivity index (χ0n) is 14.1. The van der Waals surface area contributed by atoms with Crippen molar-refractivity contribution in [3.8, 4) is 11.5 Å². The Hall–Kier alpha value is -2.18. The molecule has 0 fully saturated rings. The Morgan fingerprint density at radius 1 is 1.12 bits per heavy atom. The van der Waals surface area contributed by atoms with E-state index in [1.54, 1.807) is 7.11 Å². The number of pyridine rings is 1. The van der Waals surface area contributed by atoms with Crippen molar-refractivity contribution in [3.63, 3.8) is 0 Å². The van der Waals surface area contributed by atoms with Crippen LogP contribution in [0, 0.1) is 0 Å². The fourth-order valence-corrected chi connectivity index (χ4v) is 3.86. The third-order valence-corrected chi connectivity index (χ3v) is 4.69. The molecule has 0 bridgehead atoms. The van der Waals surface area contributed by atoms with Gasteiger partial charge in [-0.1, -0.05) is 34.1 Å². The Labute approximate surface area is 168 Å². The van der Waals surface area contributed by atoms with Gasteiger partial charge in [-0.3, -0.25) is 4.79 Å². The molecule has 0 spiro atoms. The summed E-state index contributed by atoms with van der Waals surface area (Å²) in [6.45, 7) is 1.37. The first-order valence-corrected chi connectivity index (χ1v) is 9.36. The van der Waals surface area contributed by atoms with Crippen molar-refractivity contribution >= 4 is 60.9 Å². The summed E-state index contributed by atoms with van der Waals surface area (Å²) in [4.78, 5) is 16.0. The third kappa shape index (κ3) is 4.14. The van der Waals surface area contributed by atoms with E-state index in [4.69, 9.17) is 9.47 Å². The Morgan fingerprint density at radius 3 is 2.65 bits per heavy atom. The molecule has 2 aromatic carbocycles. The smallest absolute Gasteiger partial charge is 0.308 e. The standard InChI is InChI=1S/C20H15Br2NO3/c1-12(24)26-20-14(10-15(21)11-17(20)22)7-9-16-8-6-13-4-3-5-18(25-2)19(13)23-16/h3-11H,1-2H3. The van der Waals surface area contributed by atoms with E-state index in [2.05, 4.69) is 36.8 Å². The molecule has 3 rings (SSSR count). The van der Waals surface area contributed by atoms with E-state index in [1.165, 1.54) is 6.92 Å². The molecule has 0 unspecified atom stereocenters. The van der Waals surface area contributed by atoms with Crippen LogP contribution < -0.4 is 9.47 Å². The van der Waals surface area contributed by atoms with Gasteiger partial charge in [0.15, 0.2) is 5.75 Å². The van der Waals surface area contributed by atoms with Crippen LogP contribution in [0.3, 0.4) is 0 Å². The summed E-state index contributed by atoms with van der Waals surface area (Å²) in [6.07, 6.45) is 3.73. The number of fused-ring (bicyclic) bond motifs is 1. The predicted octanol–water partition coefficient (Wildman–Crippen LogP) is 5.86. The number of methoxy groups -OCH3 is 1. The number of nitrogens with zero attached hydrogens (tertiary/aromatic N) is 1. The second kappa shape index (κ2) is 8.01. The Balaban J connectivity index is 2.02. The maximum Gasteiger partial charge on any atom is 0.308 e. The predicted molar refractivity (Wildman–Crippen MR) is 110 cm³/mol. The number of aromatic nitrogens is 1. The summed E-state index contributed by atoms with van der Waals surface area (Å²) < 4.78 is 12.3. The van der Waals surface area contributed by atoms with Crippen LogP contribution in [-0.2, 0) is 4.79 Å². The van der Waals surface area contributed by atoms with Crippen LogP contribution in [0.2, 0.25) is 0 Å². The number of halogens is 2. The van der Waals surface area contributed by atoms with Gasteiger partial charge in [-0.25, -0.2) is 4.98 Å². The van der Waals surface area contributed by atoms with E-state index >= 15 is 0 Å². The molecule has 0 aliphatic rings. The maximum atomic E-state index is 11.4. The van der Waals surface area contributed by atoms with Gasteiger partial charge in [0.25, 0.3) is 0 Å². The number of hydrogen-bond donors (Lipinski definition) is 0. The summed E-state index contributed by atoms with van der Waals surface area (Å²) in [5.41, 5.74) is 2.32. The van der Waals surface area contributed by atoms with Crippen molar-refractivity contribution in [3.05, 3.63) is 62.7 Å². The topological polar surface area (TPSA) is 48.4 Å². The highest BCUT2D eigenvalue weighted by Gasteiger charge is 2.11. The highest BCUT2D eigenvalue weighted by Crippen LogP contribution is 2.34. The minimum absolute atomic E-state index is 0.378. The van der Waals surface area contributed by atoms with Crippen LogP contribution in [-0.4, -0.2) is 18.1 Å². The number of carbonyl (C=O) groups excluding carboxylic acids is 1. The number of benzene rings is 2. The summed E-state index contributed by atoms with van der Waals surface area (Å²) in [7, 11) is 1.63. The average Bonchev–Trinajstić information content (AvgIpc) is 2.61. The maximum absolute atomic E-state index is 11.4. The van der Waals surface area contributed by atoms with Crippen molar-refractivity contribution < 1.29 is 14.3 Å². The SMILES string of the molecule is COc1cccc2ccc(C=Cc3cc(Br)cc(Br)c3OC(C)=O)nc12. The molecule has 0 N–H and O–H groups in total. The summed E-state index contributed by atoms with van der Waals surface area (Å²) in [5, 5.41) is 1.01. The lowest BCUT2D eigenvalue weighted by Gasteiger charge is -2.09. The van der Waals surface area contributed by atoms with E-state index in [1.807, 2.05) is 54.6 Å². The first-order valence-electron chi connectivity index (χ1n) is 7.77. The van der Waals surface area contributed by atoms with Gasteiger partial charge in [0, 0.05) is 22.3 Å². The molecule has 1 heterocycles. The molecule has 0 radical (unpaired) electrons. The van der Waals surface area contributed by atoms with Crippen LogP contribution >= 0.6 is 31.9 Å². The second-order valence-corrected chi connectivity index (χ2v) is 7.27. The van der Waals surface area contributed by atoms with Crippen molar-refractivity contribution in [2.75, 3.05) is 7.11 Å². The van der Waals surface area contributed by atoms with E-state index in [9.17, 15) is 4.79 Å². The van der Waals surface area contributed by atoms with Crippen LogP contribution in [0.5, 0.6) is 11.5 Å². The number of carbonyl (C=O) groups is 1. The lowest BCUT2D eigenvalue weighted by Crippen LogP contribution is -2.03. The minimum atomic E-state index is -0.378. The zero-order chi connectivity index (χ0) is 18.7. The van der Waals surface area contributed by atoms with Crippen molar-refractivity contribution in [1.82, 2.24) is 4.98 Å². The Morgan fingerprint density at radius 2 is 1.92 bits per heavy atom. The molecule has 3 aromatic rings. The number of esters is 1. The fourth-order valence-electron chi connectivity index (χ4n) is 2.52. The molecule has 0 aliphatic heterocycles. The summed E-state index contributed by atoms with van der Waals surface area (Å²) >= 11 is 6.89. The lowest BCUT2D eigenvalue weighted by atomic mass is 10.1. The molecule has 132 valence electrons. The number of para-hydroxylation sites is 1. The quantitative estimate of drug-likeness (QED) is 0.349. The van der Waals surface area contributed by atoms with Crippen molar-refractivity contribution in [1.29, 1.82) is 0 Å². The Kier molecular flexibility index (Phi) is 5.74. The minimum Gasteiger partial charge on any atom is -0.494 e. The van der Waals surface area contributed by atoms with Gasteiger partial charge < -0.3 is 9.47 Å². The molecule has 0 saturated carbocycles. The highest BCUT2D eigenvalue weighted by molar-refractivity contribution is 9.11. The van der Waals surface area contributed by atoms with Gasteiger partial charge in [0.2, 0.25) is 0 Å². The van der Waals surface area contributed by atoms with E-state index in [0.717, 1.165) is 32.4 Å². The van der Waals surface area contributed by atoms with Crippen molar-refractivity contribution in [2.24, 2.45) is 0 Å². The summed E-state index contributed by atoms with van der Waals surface area (Å²) in [6, 6.07) is 13.4. The van der Waals surface area contributed by atoms with Crippen LogP contribution in [0.4, 0.5) is 0 Å². The lowest BCUT2D eigenvalue weighted by molar-refractivity contribution is -0.131. The molecule has 0 saturated heterocycles. The molecule has 0 aliphatic carbocycles. The summed E-state index contributed by atoms with van der Waals surface area (Å²) in [5.74, 6) is 0.815. The zero-order valence-corrected chi connectivity index (χ0v) is 17.3. The third-order valence-electron chi connectivity index (χ3n) is 3.64. The van der Waals surface area contributed by atoms with Gasteiger partial charge >= 0.3 is 5.97 Å². The fraction of sp³-hybridized carbons (Fsp3) is 0.100.